The molecule has 0 atom stereocenters. The second kappa shape index (κ2) is 8.68. The van der Waals surface area contributed by atoms with Gasteiger partial charge in [0.1, 0.15) is 11.6 Å². The Morgan fingerprint density at radius 2 is 1.67 bits per heavy atom. The number of rotatable bonds is 7. The summed E-state index contributed by atoms with van der Waals surface area (Å²) >= 11 is 5.80. The Balaban J connectivity index is 1.71. The van der Waals surface area contributed by atoms with E-state index >= 15 is 0 Å². The number of halogens is 2. The Bertz CT molecular complexity index is 897. The van der Waals surface area contributed by atoms with Crippen LogP contribution in [0.1, 0.15) is 13.8 Å². The maximum absolute atomic E-state index is 13.3. The number of nitrogens with zero attached hydrogens (tertiary/aromatic N) is 3. The second-order valence-electron chi connectivity index (χ2n) is 5.86. The summed E-state index contributed by atoms with van der Waals surface area (Å²) in [6, 6.07) is 14.3. The number of aromatic nitrogens is 2. The fourth-order valence-electron chi connectivity index (χ4n) is 2.68. The van der Waals surface area contributed by atoms with Crippen LogP contribution in [0.5, 0.6) is 0 Å². The second-order valence-corrected chi connectivity index (χ2v) is 6.27. The zero-order valence-electron chi connectivity index (χ0n) is 15.2. The largest absolute Gasteiger partial charge is 0.372 e. The molecular formula is C20H21ClFN5. The van der Waals surface area contributed by atoms with Gasteiger partial charge in [0, 0.05) is 36.3 Å². The van der Waals surface area contributed by atoms with Gasteiger partial charge in [-0.2, -0.15) is 4.98 Å². The van der Waals surface area contributed by atoms with E-state index in [-0.39, 0.29) is 5.02 Å². The molecule has 0 unspecified atom stereocenters. The number of anilines is 5. The highest BCUT2D eigenvalue weighted by Crippen LogP contribution is 2.23. The van der Waals surface area contributed by atoms with E-state index in [0.29, 0.717) is 17.5 Å². The van der Waals surface area contributed by atoms with E-state index in [1.165, 1.54) is 17.8 Å². The average Bonchev–Trinajstić information content (AvgIpc) is 2.67. The molecular weight excluding hydrogens is 365 g/mol. The Hall–Kier alpha value is -2.86. The summed E-state index contributed by atoms with van der Waals surface area (Å²) < 4.78 is 13.3. The van der Waals surface area contributed by atoms with Crippen molar-refractivity contribution in [3.05, 3.63) is 65.6 Å². The number of hydrogen-bond acceptors (Lipinski definition) is 5. The molecule has 0 amide bonds. The van der Waals surface area contributed by atoms with Gasteiger partial charge in [-0.1, -0.05) is 11.6 Å². The quantitative estimate of drug-likeness (QED) is 0.554. The van der Waals surface area contributed by atoms with Crippen molar-refractivity contribution in [3.8, 4) is 0 Å². The van der Waals surface area contributed by atoms with E-state index in [1.54, 1.807) is 18.3 Å². The van der Waals surface area contributed by atoms with Gasteiger partial charge in [0.05, 0.1) is 5.02 Å². The van der Waals surface area contributed by atoms with Gasteiger partial charge in [-0.25, -0.2) is 9.37 Å². The predicted octanol–water partition coefficient (Wildman–Crippen LogP) is 5.60. The molecule has 0 aliphatic rings. The monoisotopic (exact) mass is 385 g/mol. The molecule has 140 valence electrons. The van der Waals surface area contributed by atoms with Gasteiger partial charge in [-0.15, -0.1) is 0 Å². The van der Waals surface area contributed by atoms with Crippen molar-refractivity contribution in [1.29, 1.82) is 0 Å². The molecule has 0 aliphatic carbocycles. The van der Waals surface area contributed by atoms with Crippen LogP contribution >= 0.6 is 11.6 Å². The maximum atomic E-state index is 13.3. The topological polar surface area (TPSA) is 53.1 Å². The Morgan fingerprint density at radius 3 is 2.33 bits per heavy atom. The first-order valence-corrected chi connectivity index (χ1v) is 9.14. The van der Waals surface area contributed by atoms with Crippen LogP contribution in [0, 0.1) is 5.82 Å². The molecule has 0 bridgehead atoms. The van der Waals surface area contributed by atoms with E-state index in [9.17, 15) is 4.39 Å². The van der Waals surface area contributed by atoms with Crippen LogP contribution < -0.4 is 15.5 Å². The highest BCUT2D eigenvalue weighted by atomic mass is 35.5. The highest BCUT2D eigenvalue weighted by Gasteiger charge is 2.05. The van der Waals surface area contributed by atoms with Gasteiger partial charge in [-0.05, 0) is 62.4 Å². The van der Waals surface area contributed by atoms with Crippen molar-refractivity contribution in [2.75, 3.05) is 28.6 Å². The van der Waals surface area contributed by atoms with Crippen LogP contribution in [0.15, 0.2) is 54.7 Å². The minimum atomic E-state index is -0.466. The van der Waals surface area contributed by atoms with E-state index in [1.807, 2.05) is 12.1 Å². The normalized spacial score (nSPS) is 10.5. The number of benzene rings is 2. The molecule has 5 nitrogen and oxygen atoms in total. The molecule has 0 spiro atoms. The molecule has 2 aromatic carbocycles. The minimum Gasteiger partial charge on any atom is -0.372 e. The third-order valence-corrected chi connectivity index (χ3v) is 4.39. The Kier molecular flexibility index (Phi) is 6.08. The number of nitrogens with one attached hydrogen (secondary N) is 2. The summed E-state index contributed by atoms with van der Waals surface area (Å²) in [7, 11) is 0. The molecule has 27 heavy (non-hydrogen) atoms. The standard InChI is InChI=1S/C20H21ClFN5/c1-3-27(4-2)16-8-5-14(6-9-16)24-19-11-12-23-20(26-19)25-15-7-10-18(22)17(21)13-15/h5-13H,3-4H2,1-2H3,(H2,23,24,25,26). The van der Waals surface area contributed by atoms with E-state index in [0.717, 1.165) is 18.8 Å². The van der Waals surface area contributed by atoms with Crippen LogP contribution in [0.4, 0.5) is 33.2 Å². The molecule has 3 aromatic rings. The molecule has 0 saturated heterocycles. The van der Waals surface area contributed by atoms with E-state index in [2.05, 4.69) is 51.5 Å². The molecule has 1 aromatic heterocycles. The molecule has 7 heteroatoms. The van der Waals surface area contributed by atoms with Crippen molar-refractivity contribution in [2.45, 2.75) is 13.8 Å². The fourth-order valence-corrected chi connectivity index (χ4v) is 2.86. The van der Waals surface area contributed by atoms with Crippen LogP contribution in [0.2, 0.25) is 5.02 Å². The molecule has 0 radical (unpaired) electrons. The first-order chi connectivity index (χ1) is 13.1. The molecule has 1 heterocycles. The van der Waals surface area contributed by atoms with Crippen LogP contribution in [-0.2, 0) is 0 Å². The molecule has 3 rings (SSSR count). The Labute approximate surface area is 163 Å². The van der Waals surface area contributed by atoms with Gasteiger partial charge in [0.15, 0.2) is 0 Å². The highest BCUT2D eigenvalue weighted by molar-refractivity contribution is 6.31. The lowest BCUT2D eigenvalue weighted by molar-refractivity contribution is 0.628. The molecule has 0 saturated carbocycles. The van der Waals surface area contributed by atoms with Crippen molar-refractivity contribution in [2.24, 2.45) is 0 Å². The number of hydrogen-bond donors (Lipinski definition) is 2. The predicted molar refractivity (Wildman–Crippen MR) is 110 cm³/mol. The average molecular weight is 386 g/mol. The van der Waals surface area contributed by atoms with Crippen LogP contribution in [0.25, 0.3) is 0 Å². The Morgan fingerprint density at radius 1 is 0.963 bits per heavy atom. The van der Waals surface area contributed by atoms with Crippen molar-refractivity contribution in [3.63, 3.8) is 0 Å². The third kappa shape index (κ3) is 4.86. The van der Waals surface area contributed by atoms with Crippen LogP contribution in [0.3, 0.4) is 0 Å². The summed E-state index contributed by atoms with van der Waals surface area (Å²) in [5.74, 6) is 0.574. The van der Waals surface area contributed by atoms with Crippen molar-refractivity contribution >= 4 is 40.4 Å². The molecule has 0 aliphatic heterocycles. The van der Waals surface area contributed by atoms with Crippen molar-refractivity contribution < 1.29 is 4.39 Å². The van der Waals surface area contributed by atoms with Crippen molar-refractivity contribution in [1.82, 2.24) is 9.97 Å². The van der Waals surface area contributed by atoms with Gasteiger partial charge >= 0.3 is 0 Å². The van der Waals surface area contributed by atoms with Gasteiger partial charge < -0.3 is 15.5 Å². The zero-order valence-corrected chi connectivity index (χ0v) is 16.0. The zero-order chi connectivity index (χ0) is 19.2. The van der Waals surface area contributed by atoms with Crippen LogP contribution in [-0.4, -0.2) is 23.1 Å². The first-order valence-electron chi connectivity index (χ1n) is 8.76. The SMILES string of the molecule is CCN(CC)c1ccc(Nc2ccnc(Nc3ccc(F)c(Cl)c3)n2)cc1. The van der Waals surface area contributed by atoms with Gasteiger partial charge in [0.25, 0.3) is 0 Å². The summed E-state index contributed by atoms with van der Waals surface area (Å²) in [4.78, 5) is 10.9. The lowest BCUT2D eigenvalue weighted by Gasteiger charge is -2.21. The summed E-state index contributed by atoms with van der Waals surface area (Å²) in [6.45, 7) is 6.22. The van der Waals surface area contributed by atoms with E-state index < -0.39 is 5.82 Å². The summed E-state index contributed by atoms with van der Waals surface area (Å²) in [5, 5.41) is 6.32. The lowest BCUT2D eigenvalue weighted by atomic mass is 10.2. The summed E-state index contributed by atoms with van der Waals surface area (Å²) in [6.07, 6.45) is 1.65. The molecule has 0 fully saturated rings. The maximum Gasteiger partial charge on any atom is 0.229 e. The smallest absolute Gasteiger partial charge is 0.229 e. The lowest BCUT2D eigenvalue weighted by Crippen LogP contribution is -2.21. The molecule has 2 N–H and O–H groups in total. The summed E-state index contributed by atoms with van der Waals surface area (Å²) in [5.41, 5.74) is 2.73. The third-order valence-electron chi connectivity index (χ3n) is 4.10. The first kappa shape index (κ1) is 18.9. The fraction of sp³-hybridized carbons (Fsp3) is 0.200. The van der Waals surface area contributed by atoms with Gasteiger partial charge in [0.2, 0.25) is 5.95 Å². The van der Waals surface area contributed by atoms with E-state index in [4.69, 9.17) is 11.6 Å². The minimum absolute atomic E-state index is 0.0440. The van der Waals surface area contributed by atoms with Gasteiger partial charge in [-0.3, -0.25) is 0 Å².